The van der Waals surface area contributed by atoms with Gasteiger partial charge in [-0.05, 0) is 29.8 Å². The van der Waals surface area contributed by atoms with Crippen LogP contribution in [-0.4, -0.2) is 44.3 Å². The Morgan fingerprint density at radius 2 is 1.83 bits per heavy atom. The Balaban J connectivity index is 1.47. The zero-order valence-corrected chi connectivity index (χ0v) is 16.9. The van der Waals surface area contributed by atoms with Crippen LogP contribution in [-0.2, 0) is 15.8 Å². The predicted molar refractivity (Wildman–Crippen MR) is 105 cm³/mol. The number of carbonyl (C=O) groups is 1. The van der Waals surface area contributed by atoms with Gasteiger partial charge in [0.15, 0.2) is 5.78 Å². The second kappa shape index (κ2) is 7.42. The molecule has 0 aliphatic carbocycles. The molecule has 0 bridgehead atoms. The fraction of sp³-hybridized carbons (Fsp3) is 0.381. The molecule has 154 valence electrons. The van der Waals surface area contributed by atoms with Gasteiger partial charge in [0.25, 0.3) is 0 Å². The van der Waals surface area contributed by atoms with Crippen molar-refractivity contribution in [2.45, 2.75) is 30.6 Å². The molecule has 0 amide bonds. The van der Waals surface area contributed by atoms with E-state index in [1.54, 1.807) is 25.3 Å². The molecule has 0 unspecified atom stereocenters. The zero-order chi connectivity index (χ0) is 20.6. The van der Waals surface area contributed by atoms with Crippen molar-refractivity contribution in [1.82, 2.24) is 4.31 Å². The lowest BCUT2D eigenvalue weighted by atomic mass is 9.83. The van der Waals surface area contributed by atoms with E-state index in [0.29, 0.717) is 35.5 Å². The maximum Gasteiger partial charge on any atom is 0.218 e. The van der Waals surface area contributed by atoms with Crippen molar-refractivity contribution in [1.29, 1.82) is 0 Å². The van der Waals surface area contributed by atoms with Crippen molar-refractivity contribution in [2.75, 3.05) is 20.2 Å². The number of piperidine rings is 1. The Hall–Kier alpha value is -2.45. The van der Waals surface area contributed by atoms with E-state index >= 15 is 0 Å². The third-order valence-electron chi connectivity index (χ3n) is 5.59. The summed E-state index contributed by atoms with van der Waals surface area (Å²) >= 11 is 0. The lowest BCUT2D eigenvalue weighted by molar-refractivity contribution is 0.00576. The summed E-state index contributed by atoms with van der Waals surface area (Å²) in [6.45, 7) is 0.548. The van der Waals surface area contributed by atoms with Crippen LogP contribution in [0.2, 0.25) is 0 Å². The van der Waals surface area contributed by atoms with Crippen molar-refractivity contribution in [3.8, 4) is 11.5 Å². The third-order valence-corrected chi connectivity index (χ3v) is 7.44. The lowest BCUT2D eigenvalue weighted by Crippen LogP contribution is -2.52. The summed E-state index contributed by atoms with van der Waals surface area (Å²) in [4.78, 5) is 12.6. The number of halogens is 1. The van der Waals surface area contributed by atoms with Crippen LogP contribution in [0.25, 0.3) is 0 Å². The van der Waals surface area contributed by atoms with Crippen molar-refractivity contribution >= 4 is 15.8 Å². The number of carbonyl (C=O) groups excluding carboxylic acids is 1. The van der Waals surface area contributed by atoms with Gasteiger partial charge >= 0.3 is 0 Å². The van der Waals surface area contributed by atoms with E-state index in [2.05, 4.69) is 0 Å². The number of Topliss-reactive ketones (excluding diaryl/α,β-unsaturated/α-hetero) is 1. The normalized spacial score (nSPS) is 18.9. The smallest absolute Gasteiger partial charge is 0.218 e. The molecule has 2 aromatic carbocycles. The fourth-order valence-corrected chi connectivity index (χ4v) is 5.47. The molecule has 2 aromatic rings. The van der Waals surface area contributed by atoms with Crippen LogP contribution >= 0.6 is 0 Å². The fourth-order valence-electron chi connectivity index (χ4n) is 3.93. The summed E-state index contributed by atoms with van der Waals surface area (Å²) in [5.41, 5.74) is 0.373. The summed E-state index contributed by atoms with van der Waals surface area (Å²) in [7, 11) is -1.99. The van der Waals surface area contributed by atoms with Crippen LogP contribution < -0.4 is 9.47 Å². The van der Waals surface area contributed by atoms with Gasteiger partial charge in [-0.15, -0.1) is 0 Å². The molecule has 0 radical (unpaired) electrons. The first-order valence-corrected chi connectivity index (χ1v) is 11.0. The van der Waals surface area contributed by atoms with Crippen molar-refractivity contribution in [3.05, 3.63) is 59.4 Å². The number of methoxy groups -OCH3 is 1. The molecule has 6 nitrogen and oxygen atoms in total. The molecular weight excluding hydrogens is 397 g/mol. The first kappa shape index (κ1) is 19.8. The molecule has 1 fully saturated rings. The SMILES string of the molecule is COc1ccc2c(c1)OC1(CCN(S(=O)(=O)Cc3ccc(F)cc3)CC1)CC2=O. The molecule has 2 heterocycles. The van der Waals surface area contributed by atoms with E-state index < -0.39 is 21.4 Å². The highest BCUT2D eigenvalue weighted by Gasteiger charge is 2.44. The quantitative estimate of drug-likeness (QED) is 0.761. The number of benzene rings is 2. The van der Waals surface area contributed by atoms with Crippen LogP contribution in [0.3, 0.4) is 0 Å². The monoisotopic (exact) mass is 419 g/mol. The van der Waals surface area contributed by atoms with E-state index in [4.69, 9.17) is 9.47 Å². The molecule has 1 spiro atoms. The topological polar surface area (TPSA) is 72.9 Å². The molecule has 2 aliphatic rings. The number of sulfonamides is 1. The number of rotatable bonds is 4. The number of ketones is 1. The van der Waals surface area contributed by atoms with Crippen LogP contribution in [0.15, 0.2) is 42.5 Å². The molecule has 0 aromatic heterocycles. The average Bonchev–Trinajstić information content (AvgIpc) is 2.69. The molecular formula is C21H22FNO5S. The highest BCUT2D eigenvalue weighted by molar-refractivity contribution is 7.88. The minimum Gasteiger partial charge on any atom is -0.497 e. The molecule has 29 heavy (non-hydrogen) atoms. The van der Waals surface area contributed by atoms with Gasteiger partial charge in [0.2, 0.25) is 10.0 Å². The van der Waals surface area contributed by atoms with Gasteiger partial charge in [0, 0.05) is 32.0 Å². The van der Waals surface area contributed by atoms with Crippen molar-refractivity contribution in [2.24, 2.45) is 0 Å². The summed E-state index contributed by atoms with van der Waals surface area (Å²) in [6, 6.07) is 10.6. The van der Waals surface area contributed by atoms with E-state index in [1.165, 1.54) is 28.6 Å². The Bertz CT molecular complexity index is 1030. The van der Waals surface area contributed by atoms with Crippen LogP contribution in [0, 0.1) is 5.82 Å². The largest absolute Gasteiger partial charge is 0.497 e. The maximum atomic E-state index is 13.1. The molecule has 0 saturated carbocycles. The van der Waals surface area contributed by atoms with Crippen LogP contribution in [0.1, 0.15) is 35.2 Å². The second-order valence-corrected chi connectivity index (χ2v) is 9.50. The van der Waals surface area contributed by atoms with Gasteiger partial charge in [-0.1, -0.05) is 12.1 Å². The molecule has 8 heteroatoms. The molecule has 0 atom stereocenters. The lowest BCUT2D eigenvalue weighted by Gasteiger charge is -2.43. The minimum absolute atomic E-state index is 0.00322. The molecule has 1 saturated heterocycles. The number of ether oxygens (including phenoxy) is 2. The van der Waals surface area contributed by atoms with E-state index in [9.17, 15) is 17.6 Å². The number of fused-ring (bicyclic) bond motifs is 1. The standard InChI is InChI=1S/C21H22FNO5S/c1-27-17-6-7-18-19(24)13-21(28-20(18)12-17)8-10-23(11-9-21)29(25,26)14-15-2-4-16(22)5-3-15/h2-7,12H,8-11,13-14H2,1H3. The molecule has 0 N–H and O–H groups in total. The third kappa shape index (κ3) is 4.00. The van der Waals surface area contributed by atoms with Gasteiger partial charge in [0.05, 0.1) is 24.8 Å². The molecule has 4 rings (SSSR count). The Kier molecular flexibility index (Phi) is 5.08. The summed E-state index contributed by atoms with van der Waals surface area (Å²) in [5.74, 6) is 0.509. The molecule has 2 aliphatic heterocycles. The highest BCUT2D eigenvalue weighted by Crippen LogP contribution is 2.41. The predicted octanol–water partition coefficient (Wildman–Crippen LogP) is 3.16. The highest BCUT2D eigenvalue weighted by atomic mass is 32.2. The number of hydrogen-bond acceptors (Lipinski definition) is 5. The van der Waals surface area contributed by atoms with Gasteiger partial charge in [-0.3, -0.25) is 4.79 Å². The first-order valence-electron chi connectivity index (χ1n) is 9.43. The summed E-state index contributed by atoms with van der Waals surface area (Å²) in [5, 5.41) is 0. The first-order chi connectivity index (χ1) is 13.8. The van der Waals surface area contributed by atoms with Crippen molar-refractivity contribution in [3.63, 3.8) is 0 Å². The maximum absolute atomic E-state index is 13.1. The van der Waals surface area contributed by atoms with Crippen LogP contribution in [0.4, 0.5) is 4.39 Å². The van der Waals surface area contributed by atoms with E-state index in [-0.39, 0.29) is 31.0 Å². The van der Waals surface area contributed by atoms with Gasteiger partial charge in [-0.2, -0.15) is 0 Å². The minimum atomic E-state index is -3.54. The van der Waals surface area contributed by atoms with E-state index in [1.807, 2.05) is 0 Å². The van der Waals surface area contributed by atoms with Gasteiger partial charge < -0.3 is 9.47 Å². The Morgan fingerprint density at radius 3 is 2.48 bits per heavy atom. The number of nitrogens with zero attached hydrogens (tertiary/aromatic N) is 1. The average molecular weight is 419 g/mol. The van der Waals surface area contributed by atoms with Gasteiger partial charge in [-0.25, -0.2) is 17.1 Å². The van der Waals surface area contributed by atoms with Crippen LogP contribution in [0.5, 0.6) is 11.5 Å². The zero-order valence-electron chi connectivity index (χ0n) is 16.1. The van der Waals surface area contributed by atoms with Gasteiger partial charge in [0.1, 0.15) is 22.9 Å². The Labute approximate surface area is 169 Å². The summed E-state index contributed by atoms with van der Waals surface area (Å²) < 4.78 is 51.4. The van der Waals surface area contributed by atoms with E-state index in [0.717, 1.165) is 0 Å². The Morgan fingerprint density at radius 1 is 1.14 bits per heavy atom. The second-order valence-electron chi connectivity index (χ2n) is 7.53. The summed E-state index contributed by atoms with van der Waals surface area (Å²) in [6.07, 6.45) is 1.09. The number of hydrogen-bond donors (Lipinski definition) is 0. The van der Waals surface area contributed by atoms with Crippen molar-refractivity contribution < 1.29 is 27.1 Å².